The maximum Gasteiger partial charge on any atom is 0.357 e. The number of rotatable bonds is 5. The van der Waals surface area contributed by atoms with Gasteiger partial charge in [0.2, 0.25) is 0 Å². The van der Waals surface area contributed by atoms with Crippen LogP contribution in [0.2, 0.25) is 5.02 Å². The van der Waals surface area contributed by atoms with Crippen molar-refractivity contribution in [1.29, 1.82) is 0 Å². The number of hydrogen-bond donors (Lipinski definition) is 0. The predicted octanol–water partition coefficient (Wildman–Crippen LogP) is 5.10. The molecule has 0 N–H and O–H groups in total. The monoisotopic (exact) mass is 385 g/mol. The van der Waals surface area contributed by atoms with Gasteiger partial charge in [-0.1, -0.05) is 24.9 Å². The lowest BCUT2D eigenvalue weighted by molar-refractivity contribution is 0.0519. The van der Waals surface area contributed by atoms with E-state index in [9.17, 15) is 4.79 Å². The number of carbonyl (C=O) groups is 1. The highest BCUT2D eigenvalue weighted by Gasteiger charge is 2.21. The van der Waals surface area contributed by atoms with Crippen molar-refractivity contribution in [2.75, 3.05) is 6.61 Å². The van der Waals surface area contributed by atoms with Gasteiger partial charge in [-0.15, -0.1) is 0 Å². The highest BCUT2D eigenvalue weighted by atomic mass is 35.5. The van der Waals surface area contributed by atoms with E-state index in [0.717, 1.165) is 46.5 Å². The van der Waals surface area contributed by atoms with Crippen LogP contribution in [0.25, 0.3) is 16.8 Å². The molecule has 0 spiro atoms. The van der Waals surface area contributed by atoms with Crippen LogP contribution in [0.5, 0.6) is 0 Å². The summed E-state index contributed by atoms with van der Waals surface area (Å²) < 4.78 is 7.03. The summed E-state index contributed by atoms with van der Waals surface area (Å²) in [7, 11) is 0. The molecule has 0 aliphatic heterocycles. The van der Waals surface area contributed by atoms with Crippen molar-refractivity contribution in [2.24, 2.45) is 0 Å². The van der Waals surface area contributed by atoms with Gasteiger partial charge in [0.25, 0.3) is 0 Å². The molecule has 3 aromatic rings. The fourth-order valence-electron chi connectivity index (χ4n) is 3.53. The molecule has 0 aliphatic rings. The second-order valence-electron chi connectivity index (χ2n) is 6.71. The van der Waals surface area contributed by atoms with Crippen LogP contribution >= 0.6 is 11.6 Å². The van der Waals surface area contributed by atoms with Crippen LogP contribution in [0.15, 0.2) is 18.2 Å². The van der Waals surface area contributed by atoms with Gasteiger partial charge in [0.15, 0.2) is 11.3 Å². The van der Waals surface area contributed by atoms with Crippen LogP contribution in [0, 0.1) is 20.8 Å². The fraction of sp³-hybridized carbons (Fsp3) is 0.381. The fourth-order valence-corrected chi connectivity index (χ4v) is 3.85. The number of fused-ring (bicyclic) bond motifs is 1. The number of halogens is 1. The normalized spacial score (nSPS) is 11.2. The van der Waals surface area contributed by atoms with Gasteiger partial charge >= 0.3 is 5.97 Å². The zero-order valence-corrected chi connectivity index (χ0v) is 17.1. The molecular formula is C21H24ClN3O2. The highest BCUT2D eigenvalue weighted by Crippen LogP contribution is 2.35. The minimum absolute atomic E-state index is 0.315. The topological polar surface area (TPSA) is 56.5 Å². The maximum absolute atomic E-state index is 12.3. The molecule has 0 bridgehead atoms. The van der Waals surface area contributed by atoms with Crippen LogP contribution in [0.1, 0.15) is 53.3 Å². The number of ether oxygens (including phenoxy) is 1. The molecule has 0 fully saturated rings. The van der Waals surface area contributed by atoms with Gasteiger partial charge in [0.1, 0.15) is 0 Å². The Morgan fingerprint density at radius 1 is 1.11 bits per heavy atom. The molecule has 6 heteroatoms. The van der Waals surface area contributed by atoms with Gasteiger partial charge in [-0.3, -0.25) is 0 Å². The number of nitrogens with zero attached hydrogens (tertiary/aromatic N) is 3. The van der Waals surface area contributed by atoms with E-state index in [-0.39, 0.29) is 0 Å². The first-order valence-electron chi connectivity index (χ1n) is 9.20. The Balaban J connectivity index is 2.34. The third-order valence-electron chi connectivity index (χ3n) is 4.58. The molecule has 0 aliphatic carbocycles. The van der Waals surface area contributed by atoms with Crippen molar-refractivity contribution in [3.05, 3.63) is 51.4 Å². The largest absolute Gasteiger partial charge is 0.461 e. The SMILES string of the molecule is CCCc1cc(C(=O)OCC)nc2c(-c3c(C)cc(Cl)cc3C)c(C)nn12. The molecule has 3 rings (SSSR count). The third kappa shape index (κ3) is 3.56. The van der Waals surface area contributed by atoms with Gasteiger partial charge < -0.3 is 4.74 Å². The zero-order valence-electron chi connectivity index (χ0n) is 16.4. The summed E-state index contributed by atoms with van der Waals surface area (Å²) in [6.45, 7) is 10.2. The van der Waals surface area contributed by atoms with E-state index in [1.165, 1.54) is 0 Å². The van der Waals surface area contributed by atoms with Gasteiger partial charge in [-0.25, -0.2) is 14.3 Å². The van der Waals surface area contributed by atoms with E-state index in [1.54, 1.807) is 13.0 Å². The summed E-state index contributed by atoms with van der Waals surface area (Å²) in [5.41, 5.74) is 6.91. The Morgan fingerprint density at radius 3 is 2.37 bits per heavy atom. The molecular weight excluding hydrogens is 362 g/mol. The number of aromatic nitrogens is 3. The summed E-state index contributed by atoms with van der Waals surface area (Å²) >= 11 is 6.21. The van der Waals surface area contributed by atoms with E-state index in [0.29, 0.717) is 23.0 Å². The van der Waals surface area contributed by atoms with E-state index < -0.39 is 5.97 Å². The van der Waals surface area contributed by atoms with Gasteiger partial charge in [0.05, 0.1) is 17.9 Å². The quantitative estimate of drug-likeness (QED) is 0.573. The van der Waals surface area contributed by atoms with Crippen molar-refractivity contribution in [3.63, 3.8) is 0 Å². The molecule has 0 saturated heterocycles. The first-order valence-corrected chi connectivity index (χ1v) is 9.58. The van der Waals surface area contributed by atoms with Crippen LogP contribution in [0.3, 0.4) is 0 Å². The van der Waals surface area contributed by atoms with E-state index >= 15 is 0 Å². The minimum Gasteiger partial charge on any atom is -0.461 e. The molecule has 27 heavy (non-hydrogen) atoms. The standard InChI is InChI=1S/C21H24ClN3O2/c1-6-8-16-11-17(21(26)27-7-2)23-20-19(14(5)24-25(16)20)18-12(3)9-15(22)10-13(18)4/h9-11H,6-8H2,1-5H3. The lowest BCUT2D eigenvalue weighted by Gasteiger charge is -2.11. The first-order chi connectivity index (χ1) is 12.9. The molecule has 2 aromatic heterocycles. The Labute approximate surface area is 164 Å². The second kappa shape index (κ2) is 7.69. The lowest BCUT2D eigenvalue weighted by atomic mass is 9.96. The molecule has 2 heterocycles. The molecule has 142 valence electrons. The van der Waals surface area contributed by atoms with Gasteiger partial charge in [0, 0.05) is 10.7 Å². The molecule has 0 unspecified atom stereocenters. The minimum atomic E-state index is -0.410. The van der Waals surface area contributed by atoms with Crippen LogP contribution in [-0.4, -0.2) is 27.2 Å². The van der Waals surface area contributed by atoms with Crippen molar-refractivity contribution >= 4 is 23.2 Å². The zero-order chi connectivity index (χ0) is 19.7. The highest BCUT2D eigenvalue weighted by molar-refractivity contribution is 6.30. The summed E-state index contributed by atoms with van der Waals surface area (Å²) in [6, 6.07) is 5.66. The average molecular weight is 386 g/mol. The Bertz CT molecular complexity index is 1000. The maximum atomic E-state index is 12.3. The molecule has 0 saturated carbocycles. The van der Waals surface area contributed by atoms with Crippen molar-refractivity contribution < 1.29 is 9.53 Å². The Hall–Kier alpha value is -2.40. The van der Waals surface area contributed by atoms with Gasteiger partial charge in [-0.2, -0.15) is 5.10 Å². The first kappa shape index (κ1) is 19.4. The number of hydrogen-bond acceptors (Lipinski definition) is 4. The lowest BCUT2D eigenvalue weighted by Crippen LogP contribution is -2.11. The molecule has 5 nitrogen and oxygen atoms in total. The number of esters is 1. The number of benzene rings is 1. The molecule has 1 aromatic carbocycles. The van der Waals surface area contributed by atoms with Crippen LogP contribution < -0.4 is 0 Å². The summed E-state index contributed by atoms with van der Waals surface area (Å²) in [5.74, 6) is -0.410. The molecule has 0 atom stereocenters. The third-order valence-corrected chi connectivity index (χ3v) is 4.79. The van der Waals surface area contributed by atoms with Crippen molar-refractivity contribution in [1.82, 2.24) is 14.6 Å². The van der Waals surface area contributed by atoms with Gasteiger partial charge in [-0.05, 0) is 69.0 Å². The summed E-state index contributed by atoms with van der Waals surface area (Å²) in [4.78, 5) is 17.0. The Kier molecular flexibility index (Phi) is 5.51. The van der Waals surface area contributed by atoms with Crippen molar-refractivity contribution in [2.45, 2.75) is 47.5 Å². The molecule has 0 amide bonds. The van der Waals surface area contributed by atoms with Crippen LogP contribution in [-0.2, 0) is 11.2 Å². The molecule has 0 radical (unpaired) electrons. The van der Waals surface area contributed by atoms with Crippen LogP contribution in [0.4, 0.5) is 0 Å². The second-order valence-corrected chi connectivity index (χ2v) is 7.15. The smallest absolute Gasteiger partial charge is 0.357 e. The predicted molar refractivity (Wildman–Crippen MR) is 108 cm³/mol. The number of aryl methyl sites for hydroxylation is 4. The summed E-state index contributed by atoms with van der Waals surface area (Å²) in [5, 5.41) is 5.43. The van der Waals surface area contributed by atoms with E-state index in [1.807, 2.05) is 37.4 Å². The number of carbonyl (C=O) groups excluding carboxylic acids is 1. The van der Waals surface area contributed by atoms with E-state index in [4.69, 9.17) is 21.4 Å². The van der Waals surface area contributed by atoms with E-state index in [2.05, 4.69) is 11.9 Å². The summed E-state index contributed by atoms with van der Waals surface area (Å²) in [6.07, 6.45) is 1.74. The Morgan fingerprint density at radius 2 is 1.78 bits per heavy atom. The van der Waals surface area contributed by atoms with Crippen molar-refractivity contribution in [3.8, 4) is 11.1 Å². The average Bonchev–Trinajstić information content (AvgIpc) is 2.91.